The molecule has 0 radical (unpaired) electrons. The van der Waals surface area contributed by atoms with E-state index in [1.54, 1.807) is 0 Å². The highest BCUT2D eigenvalue weighted by molar-refractivity contribution is 6.21. The van der Waals surface area contributed by atoms with Crippen molar-refractivity contribution < 1.29 is 43.9 Å². The third-order valence-electron chi connectivity index (χ3n) is 5.98. The molecular weight excluding hydrogens is 514 g/mol. The second-order valence-electron chi connectivity index (χ2n) is 8.11. The quantitative estimate of drug-likeness (QED) is 0.123. The van der Waals surface area contributed by atoms with E-state index in [1.807, 2.05) is 0 Å². The fraction of sp³-hybridized carbons (Fsp3) is 0.0370. The van der Waals surface area contributed by atoms with Gasteiger partial charge in [0, 0.05) is 22.8 Å². The van der Waals surface area contributed by atoms with Crippen molar-refractivity contribution in [3.63, 3.8) is 0 Å². The van der Waals surface area contributed by atoms with Crippen molar-refractivity contribution >= 4 is 21.5 Å². The summed E-state index contributed by atoms with van der Waals surface area (Å²) in [6.45, 7) is 0. The Kier molecular flexibility index (Phi) is 5.65. The predicted octanol–water partition coefficient (Wildman–Crippen LogP) is 9.32. The predicted molar refractivity (Wildman–Crippen MR) is 117 cm³/mol. The van der Waals surface area contributed by atoms with Crippen molar-refractivity contribution in [2.75, 3.05) is 0 Å². The first kappa shape index (κ1) is 24.6. The van der Waals surface area contributed by atoms with Gasteiger partial charge in [-0.15, -0.1) is 0 Å². The molecule has 0 aliphatic heterocycles. The average Bonchev–Trinajstić information content (AvgIpc) is 2.82. The highest BCUT2D eigenvalue weighted by Crippen LogP contribution is 2.47. The van der Waals surface area contributed by atoms with Crippen LogP contribution in [0.2, 0.25) is 0 Å². The zero-order valence-electron chi connectivity index (χ0n) is 18.1. The van der Waals surface area contributed by atoms with Crippen LogP contribution in [-0.4, -0.2) is 0 Å². The lowest BCUT2D eigenvalue weighted by atomic mass is 9.85. The molecule has 0 nitrogen and oxygen atoms in total. The van der Waals surface area contributed by atoms with E-state index in [-0.39, 0.29) is 32.7 Å². The van der Waals surface area contributed by atoms with Gasteiger partial charge in [-0.3, -0.25) is 0 Å². The molecule has 0 saturated carbocycles. The molecule has 0 fully saturated rings. The fourth-order valence-electron chi connectivity index (χ4n) is 4.50. The Labute approximate surface area is 201 Å². The van der Waals surface area contributed by atoms with Crippen molar-refractivity contribution in [3.05, 3.63) is 107 Å². The van der Waals surface area contributed by atoms with E-state index in [4.69, 9.17) is 0 Å². The average molecular weight is 524 g/mol. The molecule has 37 heavy (non-hydrogen) atoms. The maximum absolute atomic E-state index is 15.1. The molecule has 0 saturated heterocycles. The Balaban J connectivity index is 2.03. The van der Waals surface area contributed by atoms with Crippen LogP contribution in [0.15, 0.2) is 60.7 Å². The molecule has 0 atom stereocenters. The largest absolute Gasteiger partial charge is 0.422 e. The third kappa shape index (κ3) is 3.78. The second-order valence-corrected chi connectivity index (χ2v) is 8.11. The molecule has 5 rings (SSSR count). The van der Waals surface area contributed by atoms with Gasteiger partial charge in [-0.1, -0.05) is 30.3 Å². The minimum Gasteiger partial charge on any atom is -0.207 e. The molecule has 0 unspecified atom stereocenters. The molecular formula is C27H10F10. The first-order valence-electron chi connectivity index (χ1n) is 10.4. The van der Waals surface area contributed by atoms with Gasteiger partial charge in [-0.2, -0.15) is 13.2 Å². The number of rotatable bonds is 2. The molecule has 0 amide bonds. The number of fused-ring (bicyclic) bond motifs is 2. The molecule has 10 heteroatoms. The van der Waals surface area contributed by atoms with Crippen molar-refractivity contribution in [1.82, 2.24) is 0 Å². The van der Waals surface area contributed by atoms with Crippen LogP contribution in [0.3, 0.4) is 0 Å². The Morgan fingerprint density at radius 3 is 1.54 bits per heavy atom. The maximum Gasteiger partial charge on any atom is 0.422 e. The zero-order chi connectivity index (χ0) is 26.8. The zero-order valence-corrected chi connectivity index (χ0v) is 18.1. The first-order chi connectivity index (χ1) is 17.4. The van der Waals surface area contributed by atoms with Gasteiger partial charge in [0.25, 0.3) is 0 Å². The maximum atomic E-state index is 15.1. The first-order valence-corrected chi connectivity index (χ1v) is 10.4. The molecule has 188 valence electrons. The molecule has 0 aliphatic carbocycles. The third-order valence-corrected chi connectivity index (χ3v) is 5.98. The van der Waals surface area contributed by atoms with Crippen molar-refractivity contribution in [3.8, 4) is 22.3 Å². The van der Waals surface area contributed by atoms with Gasteiger partial charge < -0.3 is 0 Å². The van der Waals surface area contributed by atoms with Gasteiger partial charge in [0.15, 0.2) is 23.3 Å². The number of benzene rings is 5. The normalized spacial score (nSPS) is 12.1. The van der Waals surface area contributed by atoms with Crippen LogP contribution in [0.1, 0.15) is 5.56 Å². The van der Waals surface area contributed by atoms with Crippen LogP contribution < -0.4 is 0 Å². The standard InChI is InChI=1S/C27H10F10/c28-11-5-7-15-17(9-11)20(21-23(31)25(33)22(27(35,36)37)26(34)24(21)32)14-4-2-1-3-13(14)19(15)16-8-6-12(29)10-18(16)30/h1-10H. The molecule has 0 aromatic heterocycles. The molecule has 5 aromatic carbocycles. The smallest absolute Gasteiger partial charge is 0.207 e. The summed E-state index contributed by atoms with van der Waals surface area (Å²) < 4.78 is 142. The van der Waals surface area contributed by atoms with Crippen LogP contribution in [0.5, 0.6) is 0 Å². The monoisotopic (exact) mass is 524 g/mol. The topological polar surface area (TPSA) is 0 Å². The Morgan fingerprint density at radius 1 is 0.459 bits per heavy atom. The number of hydrogen-bond acceptors (Lipinski definition) is 0. The minimum absolute atomic E-state index is 0.0283. The molecule has 0 spiro atoms. The van der Waals surface area contributed by atoms with Crippen LogP contribution in [-0.2, 0) is 6.18 Å². The summed E-state index contributed by atoms with van der Waals surface area (Å²) in [5.41, 5.74) is -5.07. The summed E-state index contributed by atoms with van der Waals surface area (Å²) in [6.07, 6.45) is -5.76. The number of alkyl halides is 3. The van der Waals surface area contributed by atoms with Gasteiger partial charge in [0.05, 0.1) is 5.56 Å². The summed E-state index contributed by atoms with van der Waals surface area (Å²) in [4.78, 5) is 0. The minimum atomic E-state index is -5.76. The molecule has 0 N–H and O–H groups in total. The lowest BCUT2D eigenvalue weighted by Gasteiger charge is -2.20. The van der Waals surface area contributed by atoms with Gasteiger partial charge in [-0.05, 0) is 45.8 Å². The van der Waals surface area contributed by atoms with Crippen LogP contribution in [0, 0.1) is 40.7 Å². The Morgan fingerprint density at radius 2 is 0.973 bits per heavy atom. The Hall–Kier alpha value is -4.08. The summed E-state index contributed by atoms with van der Waals surface area (Å²) in [5, 5.41) is -0.591. The molecule has 5 aromatic rings. The highest BCUT2D eigenvalue weighted by atomic mass is 19.4. The van der Waals surface area contributed by atoms with Crippen LogP contribution in [0.4, 0.5) is 43.9 Å². The summed E-state index contributed by atoms with van der Waals surface area (Å²) in [6, 6.07) is 10.7. The summed E-state index contributed by atoms with van der Waals surface area (Å²) in [5.74, 6) is -13.0. The van der Waals surface area contributed by atoms with Gasteiger partial charge in [0.2, 0.25) is 0 Å². The van der Waals surface area contributed by atoms with Crippen molar-refractivity contribution in [2.24, 2.45) is 0 Å². The molecule has 0 heterocycles. The van der Waals surface area contributed by atoms with E-state index in [0.29, 0.717) is 6.07 Å². The van der Waals surface area contributed by atoms with Crippen molar-refractivity contribution in [2.45, 2.75) is 6.18 Å². The Bertz CT molecular complexity index is 1710. The molecule has 0 aliphatic rings. The van der Waals surface area contributed by atoms with Crippen LogP contribution in [0.25, 0.3) is 43.8 Å². The van der Waals surface area contributed by atoms with E-state index in [9.17, 15) is 35.1 Å². The second kappa shape index (κ2) is 8.50. The van der Waals surface area contributed by atoms with Gasteiger partial charge >= 0.3 is 6.18 Å². The van der Waals surface area contributed by atoms with E-state index in [1.165, 1.54) is 24.3 Å². The number of halogens is 10. The van der Waals surface area contributed by atoms with E-state index in [0.717, 1.165) is 30.3 Å². The number of hydrogen-bond donors (Lipinski definition) is 0. The van der Waals surface area contributed by atoms with E-state index in [2.05, 4.69) is 0 Å². The molecule has 0 bridgehead atoms. The van der Waals surface area contributed by atoms with E-state index < -0.39 is 63.6 Å². The highest BCUT2D eigenvalue weighted by Gasteiger charge is 2.43. The van der Waals surface area contributed by atoms with Gasteiger partial charge in [-0.25, -0.2) is 30.7 Å². The van der Waals surface area contributed by atoms with E-state index >= 15 is 8.78 Å². The SMILES string of the molecule is Fc1ccc(-c2c3ccccc3c(-c3c(F)c(F)c(C(F)(F)F)c(F)c3F)c3cc(F)ccc23)c(F)c1. The summed E-state index contributed by atoms with van der Waals surface area (Å²) >= 11 is 0. The van der Waals surface area contributed by atoms with Gasteiger partial charge in [0.1, 0.15) is 23.0 Å². The lowest BCUT2D eigenvalue weighted by Crippen LogP contribution is -2.16. The van der Waals surface area contributed by atoms with Crippen molar-refractivity contribution in [1.29, 1.82) is 0 Å². The lowest BCUT2D eigenvalue weighted by molar-refractivity contribution is -0.143. The van der Waals surface area contributed by atoms with Crippen LogP contribution >= 0.6 is 0 Å². The fourth-order valence-corrected chi connectivity index (χ4v) is 4.50. The summed E-state index contributed by atoms with van der Waals surface area (Å²) in [7, 11) is 0.